The Morgan fingerprint density at radius 2 is 2.00 bits per heavy atom. The topological polar surface area (TPSA) is 49.8 Å². The van der Waals surface area contributed by atoms with Crippen molar-refractivity contribution in [3.8, 4) is 0 Å². The summed E-state index contributed by atoms with van der Waals surface area (Å²) in [5.41, 5.74) is 0.313. The van der Waals surface area contributed by atoms with Crippen LogP contribution in [0.1, 0.15) is 37.7 Å². The van der Waals surface area contributed by atoms with Gasteiger partial charge in [0.1, 0.15) is 6.61 Å². The standard InChI is InChI=1S/C16H21NO3/c18-15(20-11-13-5-2-1-3-6-13)17(14-7-8-14)12-16(19)9-4-10-16/h1-3,5-6,14,19H,4,7-12H2. The molecule has 0 saturated heterocycles. The zero-order valence-corrected chi connectivity index (χ0v) is 11.6. The van der Waals surface area contributed by atoms with Crippen LogP contribution in [-0.4, -0.2) is 34.3 Å². The van der Waals surface area contributed by atoms with E-state index in [1.54, 1.807) is 4.90 Å². The molecular weight excluding hydrogens is 254 g/mol. The van der Waals surface area contributed by atoms with Crippen LogP contribution in [0.15, 0.2) is 30.3 Å². The van der Waals surface area contributed by atoms with E-state index in [2.05, 4.69) is 0 Å². The minimum atomic E-state index is -0.672. The van der Waals surface area contributed by atoms with E-state index in [4.69, 9.17) is 4.74 Å². The molecule has 1 aromatic carbocycles. The van der Waals surface area contributed by atoms with Gasteiger partial charge in [0.15, 0.2) is 0 Å². The molecule has 2 saturated carbocycles. The Kier molecular flexibility index (Phi) is 3.66. The van der Waals surface area contributed by atoms with Crippen LogP contribution in [0.3, 0.4) is 0 Å². The van der Waals surface area contributed by atoms with Gasteiger partial charge in [0, 0.05) is 6.04 Å². The van der Waals surface area contributed by atoms with Crippen LogP contribution in [0.5, 0.6) is 0 Å². The Morgan fingerprint density at radius 3 is 2.55 bits per heavy atom. The van der Waals surface area contributed by atoms with Crippen molar-refractivity contribution >= 4 is 6.09 Å². The van der Waals surface area contributed by atoms with E-state index in [9.17, 15) is 9.90 Å². The fourth-order valence-corrected chi connectivity index (χ4v) is 2.59. The lowest BCUT2D eigenvalue weighted by atomic mass is 9.80. The summed E-state index contributed by atoms with van der Waals surface area (Å²) in [5.74, 6) is 0. The Hall–Kier alpha value is -1.55. The first kappa shape index (κ1) is 13.4. The van der Waals surface area contributed by atoms with E-state index >= 15 is 0 Å². The molecule has 0 aromatic heterocycles. The number of hydrogen-bond donors (Lipinski definition) is 1. The molecule has 0 unspecified atom stereocenters. The molecule has 0 bridgehead atoms. The molecule has 20 heavy (non-hydrogen) atoms. The largest absolute Gasteiger partial charge is 0.445 e. The fourth-order valence-electron chi connectivity index (χ4n) is 2.59. The van der Waals surface area contributed by atoms with Gasteiger partial charge in [0.05, 0.1) is 12.1 Å². The molecule has 2 aliphatic carbocycles. The smallest absolute Gasteiger partial charge is 0.410 e. The minimum absolute atomic E-state index is 0.267. The second-order valence-corrected chi connectivity index (χ2v) is 5.98. The first-order chi connectivity index (χ1) is 9.66. The molecule has 1 amide bonds. The third-order valence-corrected chi connectivity index (χ3v) is 4.18. The summed E-state index contributed by atoms with van der Waals surface area (Å²) >= 11 is 0. The molecule has 0 radical (unpaired) electrons. The lowest BCUT2D eigenvalue weighted by Gasteiger charge is -2.40. The van der Waals surface area contributed by atoms with Gasteiger partial charge in [-0.25, -0.2) is 4.79 Å². The summed E-state index contributed by atoms with van der Waals surface area (Å²) in [5, 5.41) is 10.2. The zero-order chi connectivity index (χ0) is 14.0. The summed E-state index contributed by atoms with van der Waals surface area (Å²) in [7, 11) is 0. The molecule has 0 atom stereocenters. The molecule has 0 heterocycles. The van der Waals surface area contributed by atoms with Crippen molar-refractivity contribution in [2.24, 2.45) is 0 Å². The molecule has 2 aliphatic rings. The Morgan fingerprint density at radius 1 is 1.30 bits per heavy atom. The van der Waals surface area contributed by atoms with Gasteiger partial charge >= 0.3 is 6.09 Å². The summed E-state index contributed by atoms with van der Waals surface area (Å²) in [6.07, 6.45) is 4.39. The SMILES string of the molecule is O=C(OCc1ccccc1)N(CC1(O)CCC1)C1CC1. The van der Waals surface area contributed by atoms with Crippen LogP contribution in [-0.2, 0) is 11.3 Å². The highest BCUT2D eigenvalue weighted by Crippen LogP contribution is 2.36. The number of rotatable bonds is 5. The maximum atomic E-state index is 12.2. The molecule has 108 valence electrons. The first-order valence-corrected chi connectivity index (χ1v) is 7.36. The van der Waals surface area contributed by atoms with Gasteiger partial charge in [0.2, 0.25) is 0 Å². The highest BCUT2D eigenvalue weighted by molar-refractivity contribution is 5.68. The van der Waals surface area contributed by atoms with E-state index in [1.807, 2.05) is 30.3 Å². The maximum absolute atomic E-state index is 12.2. The number of nitrogens with zero attached hydrogens (tertiary/aromatic N) is 1. The van der Waals surface area contributed by atoms with Gasteiger partial charge in [-0.15, -0.1) is 0 Å². The average Bonchev–Trinajstić information content (AvgIpc) is 3.26. The molecule has 3 rings (SSSR count). The van der Waals surface area contributed by atoms with Crippen molar-refractivity contribution in [2.75, 3.05) is 6.54 Å². The highest BCUT2D eigenvalue weighted by Gasteiger charge is 2.42. The number of hydrogen-bond acceptors (Lipinski definition) is 3. The van der Waals surface area contributed by atoms with Crippen LogP contribution in [0.2, 0.25) is 0 Å². The van der Waals surface area contributed by atoms with Crippen molar-refractivity contribution in [3.63, 3.8) is 0 Å². The third-order valence-electron chi connectivity index (χ3n) is 4.18. The average molecular weight is 275 g/mol. The number of ether oxygens (including phenoxy) is 1. The van der Waals surface area contributed by atoms with Gasteiger partial charge in [-0.2, -0.15) is 0 Å². The maximum Gasteiger partial charge on any atom is 0.410 e. The van der Waals surface area contributed by atoms with Crippen LogP contribution in [0, 0.1) is 0 Å². The van der Waals surface area contributed by atoms with Gasteiger partial charge in [0.25, 0.3) is 0 Å². The van der Waals surface area contributed by atoms with Crippen molar-refractivity contribution in [1.82, 2.24) is 4.90 Å². The number of benzene rings is 1. The summed E-state index contributed by atoms with van der Waals surface area (Å²) < 4.78 is 5.38. The number of aliphatic hydroxyl groups is 1. The predicted molar refractivity (Wildman–Crippen MR) is 75.2 cm³/mol. The van der Waals surface area contributed by atoms with Crippen molar-refractivity contribution in [3.05, 3.63) is 35.9 Å². The summed E-state index contributed by atoms with van der Waals surface area (Å²) in [4.78, 5) is 13.9. The van der Waals surface area contributed by atoms with Crippen molar-refractivity contribution in [1.29, 1.82) is 0 Å². The molecule has 4 heteroatoms. The predicted octanol–water partition coefficient (Wildman–Crippen LogP) is 2.70. The third kappa shape index (κ3) is 3.12. The normalized spacial score (nSPS) is 20.1. The van der Waals surface area contributed by atoms with Gasteiger partial charge in [-0.05, 0) is 37.7 Å². The van der Waals surface area contributed by atoms with Crippen molar-refractivity contribution in [2.45, 2.75) is 50.4 Å². The molecule has 4 nitrogen and oxygen atoms in total. The molecule has 0 spiro atoms. The molecule has 1 aromatic rings. The molecule has 2 fully saturated rings. The molecular formula is C16H21NO3. The number of carbonyl (C=O) groups excluding carboxylic acids is 1. The van der Waals surface area contributed by atoms with Gasteiger partial charge in [-0.1, -0.05) is 30.3 Å². The summed E-state index contributed by atoms with van der Waals surface area (Å²) in [6.45, 7) is 0.715. The van der Waals surface area contributed by atoms with Gasteiger partial charge < -0.3 is 14.7 Å². The Balaban J connectivity index is 1.55. The first-order valence-electron chi connectivity index (χ1n) is 7.36. The van der Waals surface area contributed by atoms with E-state index in [-0.39, 0.29) is 12.1 Å². The minimum Gasteiger partial charge on any atom is -0.445 e. The quantitative estimate of drug-likeness (QED) is 0.899. The van der Waals surface area contributed by atoms with Crippen LogP contribution < -0.4 is 0 Å². The lowest BCUT2D eigenvalue weighted by Crippen LogP contribution is -2.50. The summed E-state index contributed by atoms with van der Waals surface area (Å²) in [6, 6.07) is 9.94. The lowest BCUT2D eigenvalue weighted by molar-refractivity contribution is -0.0586. The number of amides is 1. The van der Waals surface area contributed by atoms with Crippen molar-refractivity contribution < 1.29 is 14.6 Å². The zero-order valence-electron chi connectivity index (χ0n) is 11.6. The Labute approximate surface area is 119 Å². The Bertz CT molecular complexity index is 466. The second kappa shape index (κ2) is 5.44. The van der Waals surface area contributed by atoms with Crippen LogP contribution >= 0.6 is 0 Å². The van der Waals surface area contributed by atoms with E-state index in [0.29, 0.717) is 13.2 Å². The monoisotopic (exact) mass is 275 g/mol. The molecule has 0 aliphatic heterocycles. The van der Waals surface area contributed by atoms with Crippen LogP contribution in [0.25, 0.3) is 0 Å². The second-order valence-electron chi connectivity index (χ2n) is 5.98. The van der Waals surface area contributed by atoms with Gasteiger partial charge in [-0.3, -0.25) is 0 Å². The van der Waals surface area contributed by atoms with Crippen LogP contribution in [0.4, 0.5) is 4.79 Å². The fraction of sp³-hybridized carbons (Fsp3) is 0.562. The van der Waals surface area contributed by atoms with E-state index in [1.165, 1.54) is 0 Å². The van der Waals surface area contributed by atoms with E-state index in [0.717, 1.165) is 37.7 Å². The number of carbonyl (C=O) groups is 1. The van der Waals surface area contributed by atoms with E-state index < -0.39 is 5.60 Å². The highest BCUT2D eigenvalue weighted by atomic mass is 16.6. The molecule has 1 N–H and O–H groups in total.